The maximum atomic E-state index is 12.9. The Morgan fingerprint density at radius 1 is 1.19 bits per heavy atom. The van der Waals surface area contributed by atoms with E-state index in [0.29, 0.717) is 18.4 Å². The van der Waals surface area contributed by atoms with Gasteiger partial charge < -0.3 is 19.9 Å². The highest BCUT2D eigenvalue weighted by Gasteiger charge is 2.13. The van der Waals surface area contributed by atoms with Crippen LogP contribution in [0, 0.1) is 5.82 Å². The normalized spacial score (nSPS) is 12.0. The fraction of sp³-hybridized carbons (Fsp3) is 0.286. The molecule has 0 aliphatic carbocycles. The Kier molecular flexibility index (Phi) is 5.49. The van der Waals surface area contributed by atoms with Crippen LogP contribution in [0.5, 0.6) is 0 Å². The second kappa shape index (κ2) is 7.97. The Labute approximate surface area is 152 Å². The zero-order chi connectivity index (χ0) is 18.5. The van der Waals surface area contributed by atoms with Crippen molar-refractivity contribution >= 4 is 29.3 Å². The van der Waals surface area contributed by atoms with E-state index in [-0.39, 0.29) is 23.2 Å². The molecule has 0 saturated carbocycles. The number of ether oxygens (including phenoxy) is 1. The van der Waals surface area contributed by atoms with Crippen molar-refractivity contribution in [3.63, 3.8) is 0 Å². The molecule has 0 radical (unpaired) electrons. The zero-order valence-electron chi connectivity index (χ0n) is 13.9. The van der Waals surface area contributed by atoms with Gasteiger partial charge in [0.25, 0.3) is 0 Å². The highest BCUT2D eigenvalue weighted by atomic mass is 35.5. The molecule has 0 aliphatic heterocycles. The lowest BCUT2D eigenvalue weighted by molar-refractivity contribution is 0.131. The summed E-state index contributed by atoms with van der Waals surface area (Å²) in [4.78, 5) is 24.2. The molecule has 3 aromatic rings. The smallest absolute Gasteiger partial charge is 0.234 e. The molecule has 2 N–H and O–H groups in total. The van der Waals surface area contributed by atoms with Crippen molar-refractivity contribution in [1.82, 2.24) is 34.5 Å². The average molecular weight is 380 g/mol. The van der Waals surface area contributed by atoms with Crippen molar-refractivity contribution in [2.45, 2.75) is 19.7 Å². The van der Waals surface area contributed by atoms with Crippen molar-refractivity contribution in [2.75, 3.05) is 17.7 Å². The van der Waals surface area contributed by atoms with Gasteiger partial charge in [0.05, 0.1) is 31.0 Å². The van der Waals surface area contributed by atoms with E-state index in [0.717, 1.165) is 12.4 Å². The second-order valence-corrected chi connectivity index (χ2v) is 5.53. The first-order valence-electron chi connectivity index (χ1n) is 7.47. The van der Waals surface area contributed by atoms with Crippen LogP contribution in [-0.4, -0.2) is 41.6 Å². The number of nitrogens with zero attached hydrogens (tertiary/aromatic N) is 7. The minimum absolute atomic E-state index is 0.00597. The van der Waals surface area contributed by atoms with E-state index in [1.54, 1.807) is 31.1 Å². The molecule has 1 unspecified atom stereocenters. The number of hydrogen-bond donors (Lipinski definition) is 2. The molecule has 0 fully saturated rings. The van der Waals surface area contributed by atoms with Gasteiger partial charge in [0, 0.05) is 7.11 Å². The van der Waals surface area contributed by atoms with Gasteiger partial charge in [0.1, 0.15) is 12.6 Å². The highest BCUT2D eigenvalue weighted by Crippen LogP contribution is 2.17. The first kappa shape index (κ1) is 17.9. The summed E-state index contributed by atoms with van der Waals surface area (Å²) in [6.45, 7) is 2.15. The number of anilines is 3. The van der Waals surface area contributed by atoms with Crippen molar-refractivity contribution in [3.05, 3.63) is 41.8 Å². The number of hydrogen-bond acceptors (Lipinski definition) is 9. The molecule has 3 aromatic heterocycles. The number of imidazole rings is 1. The van der Waals surface area contributed by atoms with Gasteiger partial charge in [-0.25, -0.2) is 19.3 Å². The summed E-state index contributed by atoms with van der Waals surface area (Å²) in [5.74, 6) is 0.816. The standard InChI is InChI=1S/C14H15ClFN9O/c1-8(11-17-3-9(16)4-18-11)20-13-22-12(15)23-14(24-13)21-10-5-25(6-19-10)7-26-2/h3-6,8H,7H2,1-2H3,(H2,20,21,22,23,24). The highest BCUT2D eigenvalue weighted by molar-refractivity contribution is 6.28. The predicted molar refractivity (Wildman–Crippen MR) is 91.4 cm³/mol. The molecule has 1 atom stereocenters. The first-order valence-corrected chi connectivity index (χ1v) is 7.84. The van der Waals surface area contributed by atoms with Gasteiger partial charge in [-0.2, -0.15) is 15.0 Å². The van der Waals surface area contributed by atoms with E-state index in [2.05, 4.69) is 40.5 Å². The fourth-order valence-corrected chi connectivity index (χ4v) is 2.19. The van der Waals surface area contributed by atoms with Gasteiger partial charge in [-0.1, -0.05) is 0 Å². The topological polar surface area (TPSA) is 116 Å². The van der Waals surface area contributed by atoms with Gasteiger partial charge in [0.15, 0.2) is 11.6 Å². The summed E-state index contributed by atoms with van der Waals surface area (Å²) in [6.07, 6.45) is 5.50. The molecule has 10 nitrogen and oxygen atoms in total. The van der Waals surface area contributed by atoms with Gasteiger partial charge in [0.2, 0.25) is 17.2 Å². The molecule has 0 saturated heterocycles. The summed E-state index contributed by atoms with van der Waals surface area (Å²) < 4.78 is 19.7. The Morgan fingerprint density at radius 2 is 1.92 bits per heavy atom. The van der Waals surface area contributed by atoms with Crippen LogP contribution in [-0.2, 0) is 11.5 Å². The molecule has 26 heavy (non-hydrogen) atoms. The maximum Gasteiger partial charge on any atom is 0.234 e. The number of nitrogens with one attached hydrogen (secondary N) is 2. The zero-order valence-corrected chi connectivity index (χ0v) is 14.6. The van der Waals surface area contributed by atoms with E-state index in [9.17, 15) is 4.39 Å². The SMILES string of the molecule is COCn1cnc(Nc2nc(Cl)nc(NC(C)c3ncc(F)cn3)n2)c1. The summed E-state index contributed by atoms with van der Waals surface area (Å²) in [7, 11) is 1.59. The third-order valence-corrected chi connectivity index (χ3v) is 3.30. The lowest BCUT2D eigenvalue weighted by Gasteiger charge is -2.12. The van der Waals surface area contributed by atoms with E-state index in [1.807, 2.05) is 0 Å². The average Bonchev–Trinajstić information content (AvgIpc) is 3.02. The molecule has 3 rings (SSSR count). The Bertz CT molecular complexity index is 873. The molecular formula is C14H15ClFN9O. The predicted octanol–water partition coefficient (Wildman–Crippen LogP) is 2.17. The Morgan fingerprint density at radius 3 is 2.65 bits per heavy atom. The Balaban J connectivity index is 1.73. The lowest BCUT2D eigenvalue weighted by atomic mass is 10.3. The summed E-state index contributed by atoms with van der Waals surface area (Å²) >= 11 is 5.95. The molecule has 3 heterocycles. The molecule has 0 aliphatic rings. The van der Waals surface area contributed by atoms with Crippen molar-refractivity contribution in [3.8, 4) is 0 Å². The summed E-state index contributed by atoms with van der Waals surface area (Å²) in [6, 6.07) is -0.372. The number of methoxy groups -OCH3 is 1. The quantitative estimate of drug-likeness (QED) is 0.637. The Hall–Kier alpha value is -2.92. The monoisotopic (exact) mass is 379 g/mol. The van der Waals surface area contributed by atoms with Crippen LogP contribution in [0.15, 0.2) is 24.9 Å². The molecule has 0 bridgehead atoms. The lowest BCUT2D eigenvalue weighted by Crippen LogP contribution is -2.14. The van der Waals surface area contributed by atoms with Gasteiger partial charge in [-0.15, -0.1) is 0 Å². The third kappa shape index (κ3) is 4.58. The third-order valence-electron chi connectivity index (χ3n) is 3.13. The molecule has 0 spiro atoms. The van der Waals surface area contributed by atoms with Crippen molar-refractivity contribution in [1.29, 1.82) is 0 Å². The second-order valence-electron chi connectivity index (χ2n) is 5.19. The number of rotatable bonds is 7. The molecule has 0 aromatic carbocycles. The minimum atomic E-state index is -0.511. The van der Waals surface area contributed by atoms with Crippen LogP contribution < -0.4 is 10.6 Å². The van der Waals surface area contributed by atoms with E-state index >= 15 is 0 Å². The van der Waals surface area contributed by atoms with E-state index < -0.39 is 5.82 Å². The number of halogens is 2. The summed E-state index contributed by atoms with van der Waals surface area (Å²) in [5, 5.41) is 5.91. The van der Waals surface area contributed by atoms with Crippen molar-refractivity contribution < 1.29 is 9.13 Å². The van der Waals surface area contributed by atoms with E-state index in [4.69, 9.17) is 16.3 Å². The summed E-state index contributed by atoms with van der Waals surface area (Å²) in [5.41, 5.74) is 0. The molecule has 0 amide bonds. The molecule has 12 heteroatoms. The largest absolute Gasteiger partial charge is 0.364 e. The van der Waals surface area contributed by atoms with Crippen LogP contribution in [0.4, 0.5) is 22.1 Å². The molecular weight excluding hydrogens is 365 g/mol. The first-order chi connectivity index (χ1) is 12.5. The van der Waals surface area contributed by atoms with Crippen molar-refractivity contribution in [2.24, 2.45) is 0 Å². The van der Waals surface area contributed by atoms with Crippen LogP contribution in [0.3, 0.4) is 0 Å². The molecule has 136 valence electrons. The van der Waals surface area contributed by atoms with E-state index in [1.165, 1.54) is 0 Å². The maximum absolute atomic E-state index is 12.9. The van der Waals surface area contributed by atoms with Gasteiger partial charge in [-0.05, 0) is 18.5 Å². The fourth-order valence-electron chi connectivity index (χ4n) is 2.03. The van der Waals surface area contributed by atoms with Crippen LogP contribution in [0.2, 0.25) is 5.28 Å². The van der Waals surface area contributed by atoms with Gasteiger partial charge in [-0.3, -0.25) is 0 Å². The van der Waals surface area contributed by atoms with Crippen LogP contribution in [0.1, 0.15) is 18.8 Å². The minimum Gasteiger partial charge on any atom is -0.364 e. The van der Waals surface area contributed by atoms with Crippen LogP contribution in [0.25, 0.3) is 0 Å². The van der Waals surface area contributed by atoms with Gasteiger partial charge >= 0.3 is 0 Å². The number of aromatic nitrogens is 7. The van der Waals surface area contributed by atoms with Crippen LogP contribution >= 0.6 is 11.6 Å².